The van der Waals surface area contributed by atoms with Gasteiger partial charge in [0.1, 0.15) is 11.5 Å². The summed E-state index contributed by atoms with van der Waals surface area (Å²) in [6.07, 6.45) is 0. The minimum absolute atomic E-state index is 0.206. The van der Waals surface area contributed by atoms with Crippen molar-refractivity contribution in [2.45, 2.75) is 31.0 Å². The lowest BCUT2D eigenvalue weighted by molar-refractivity contribution is 0.251. The van der Waals surface area contributed by atoms with Gasteiger partial charge in [-0.2, -0.15) is 8.78 Å². The molecule has 0 fully saturated rings. The summed E-state index contributed by atoms with van der Waals surface area (Å²) >= 11 is 2.28. The first-order chi connectivity index (χ1) is 9.15. The normalized spacial score (nSPS) is 13.1. The molecule has 2 aromatic rings. The van der Waals surface area contributed by atoms with E-state index in [0.717, 1.165) is 5.76 Å². The van der Waals surface area contributed by atoms with Gasteiger partial charge in [-0.25, -0.2) is 0 Å². The fourth-order valence-corrected chi connectivity index (χ4v) is 2.84. The van der Waals surface area contributed by atoms with Crippen LogP contribution in [-0.4, -0.2) is 5.76 Å². The second kappa shape index (κ2) is 7.07. The molecule has 0 radical (unpaired) electrons. The summed E-state index contributed by atoms with van der Waals surface area (Å²) < 4.78 is 29.6. The van der Waals surface area contributed by atoms with Crippen molar-refractivity contribution in [1.29, 1.82) is 0 Å². The van der Waals surface area contributed by atoms with E-state index < -0.39 is 5.76 Å². The van der Waals surface area contributed by atoms with Crippen LogP contribution in [0.2, 0.25) is 0 Å². The number of hydrogen-bond donors (Lipinski definition) is 1. The van der Waals surface area contributed by atoms with Crippen LogP contribution in [0.15, 0.2) is 34.1 Å². The first-order valence-corrected chi connectivity index (χ1v) is 7.82. The Kier molecular flexibility index (Phi) is 5.42. The molecule has 0 bridgehead atoms. The lowest BCUT2D eigenvalue weighted by Crippen LogP contribution is -2.16. The third-order valence-electron chi connectivity index (χ3n) is 2.62. The van der Waals surface area contributed by atoms with Gasteiger partial charge in [-0.3, -0.25) is 0 Å². The van der Waals surface area contributed by atoms with Crippen molar-refractivity contribution in [3.8, 4) is 0 Å². The quantitative estimate of drug-likeness (QED) is 0.806. The van der Waals surface area contributed by atoms with E-state index in [0.29, 0.717) is 24.1 Å². The summed E-state index contributed by atoms with van der Waals surface area (Å²) in [4.78, 5) is 1.26. The SMILES string of the molecule is CC(NCc1ccc(CSC(F)F)o1)c1cccs1. The van der Waals surface area contributed by atoms with Crippen LogP contribution in [0, 0.1) is 0 Å². The van der Waals surface area contributed by atoms with Crippen LogP contribution >= 0.6 is 23.1 Å². The molecule has 1 N–H and O–H groups in total. The number of thioether (sulfide) groups is 1. The van der Waals surface area contributed by atoms with E-state index in [4.69, 9.17) is 4.42 Å². The van der Waals surface area contributed by atoms with Gasteiger partial charge in [0.2, 0.25) is 0 Å². The molecule has 0 saturated heterocycles. The Hall–Kier alpha value is -0.850. The van der Waals surface area contributed by atoms with E-state index >= 15 is 0 Å². The Morgan fingerprint density at radius 1 is 1.32 bits per heavy atom. The van der Waals surface area contributed by atoms with Crippen LogP contribution in [0.5, 0.6) is 0 Å². The summed E-state index contributed by atoms with van der Waals surface area (Å²) in [7, 11) is 0. The van der Waals surface area contributed by atoms with Gasteiger partial charge >= 0.3 is 0 Å². The van der Waals surface area contributed by atoms with Gasteiger partial charge in [-0.05, 0) is 30.5 Å². The first-order valence-electron chi connectivity index (χ1n) is 5.89. The minimum Gasteiger partial charge on any atom is -0.464 e. The summed E-state index contributed by atoms with van der Waals surface area (Å²) in [5.74, 6) is -0.789. The van der Waals surface area contributed by atoms with E-state index in [-0.39, 0.29) is 11.8 Å². The van der Waals surface area contributed by atoms with E-state index in [9.17, 15) is 8.78 Å². The van der Waals surface area contributed by atoms with Crippen molar-refractivity contribution >= 4 is 23.1 Å². The molecule has 0 aromatic carbocycles. The maximum Gasteiger partial charge on any atom is 0.284 e. The summed E-state index contributed by atoms with van der Waals surface area (Å²) in [6.45, 7) is 2.68. The Morgan fingerprint density at radius 3 is 2.79 bits per heavy atom. The summed E-state index contributed by atoms with van der Waals surface area (Å²) in [6, 6.07) is 7.93. The van der Waals surface area contributed by atoms with Gasteiger partial charge in [0, 0.05) is 10.9 Å². The first kappa shape index (κ1) is 14.6. The molecule has 104 valence electrons. The van der Waals surface area contributed by atoms with Gasteiger partial charge in [-0.15, -0.1) is 11.3 Å². The van der Waals surface area contributed by atoms with Crippen molar-refractivity contribution in [1.82, 2.24) is 5.32 Å². The standard InChI is InChI=1S/C13H15F2NOS2/c1-9(12-3-2-6-18-12)16-7-10-4-5-11(17-10)8-19-13(14)15/h2-6,9,13,16H,7-8H2,1H3. The van der Waals surface area contributed by atoms with Crippen molar-refractivity contribution in [3.05, 3.63) is 46.0 Å². The third kappa shape index (κ3) is 4.63. The molecule has 1 unspecified atom stereocenters. The molecule has 6 heteroatoms. The molecule has 0 aliphatic rings. The maximum absolute atomic E-state index is 12.0. The van der Waals surface area contributed by atoms with E-state index in [1.165, 1.54) is 4.88 Å². The molecular formula is C13H15F2NOS2. The zero-order chi connectivity index (χ0) is 13.7. The third-order valence-corrected chi connectivity index (χ3v) is 4.38. The largest absolute Gasteiger partial charge is 0.464 e. The highest BCUT2D eigenvalue weighted by atomic mass is 32.2. The lowest BCUT2D eigenvalue weighted by Gasteiger charge is -2.10. The van der Waals surface area contributed by atoms with Crippen LogP contribution in [0.4, 0.5) is 8.78 Å². The van der Waals surface area contributed by atoms with E-state index in [2.05, 4.69) is 18.3 Å². The number of hydrogen-bond acceptors (Lipinski definition) is 4. The molecule has 0 saturated carbocycles. The summed E-state index contributed by atoms with van der Waals surface area (Å²) in [5, 5.41) is 5.38. The van der Waals surface area contributed by atoms with Gasteiger partial charge < -0.3 is 9.73 Å². The Balaban J connectivity index is 1.80. The number of halogens is 2. The monoisotopic (exact) mass is 303 g/mol. The van der Waals surface area contributed by atoms with Gasteiger partial charge in [0.05, 0.1) is 12.3 Å². The molecule has 2 nitrogen and oxygen atoms in total. The summed E-state index contributed by atoms with van der Waals surface area (Å²) in [5.41, 5.74) is 0. The predicted octanol–water partition coefficient (Wildman–Crippen LogP) is 4.65. The topological polar surface area (TPSA) is 25.2 Å². The highest BCUT2D eigenvalue weighted by Crippen LogP contribution is 2.22. The van der Waals surface area contributed by atoms with E-state index in [1.54, 1.807) is 17.4 Å². The van der Waals surface area contributed by atoms with Gasteiger partial charge in [0.25, 0.3) is 5.76 Å². The fourth-order valence-electron chi connectivity index (χ4n) is 1.63. The van der Waals surface area contributed by atoms with Crippen molar-refractivity contribution in [2.75, 3.05) is 0 Å². The second-order valence-electron chi connectivity index (χ2n) is 4.06. The van der Waals surface area contributed by atoms with E-state index in [1.807, 2.05) is 17.5 Å². The lowest BCUT2D eigenvalue weighted by atomic mass is 10.2. The molecule has 19 heavy (non-hydrogen) atoms. The number of furan rings is 1. The van der Waals surface area contributed by atoms with Gasteiger partial charge in [0.15, 0.2) is 0 Å². The van der Waals surface area contributed by atoms with Crippen molar-refractivity contribution < 1.29 is 13.2 Å². The Labute approximate surface area is 119 Å². The highest BCUT2D eigenvalue weighted by molar-refractivity contribution is 7.98. The predicted molar refractivity (Wildman–Crippen MR) is 75.6 cm³/mol. The minimum atomic E-state index is -2.36. The average molecular weight is 303 g/mol. The van der Waals surface area contributed by atoms with Crippen LogP contribution in [0.1, 0.15) is 29.4 Å². The molecular weight excluding hydrogens is 288 g/mol. The zero-order valence-electron chi connectivity index (χ0n) is 10.4. The van der Waals surface area contributed by atoms with Crippen molar-refractivity contribution in [3.63, 3.8) is 0 Å². The number of thiophene rings is 1. The molecule has 1 atom stereocenters. The smallest absolute Gasteiger partial charge is 0.284 e. The maximum atomic E-state index is 12.0. The van der Waals surface area contributed by atoms with Crippen LogP contribution in [0.25, 0.3) is 0 Å². The Bertz CT molecular complexity index is 485. The molecule has 0 amide bonds. The molecule has 0 aliphatic heterocycles. The fraction of sp³-hybridized carbons (Fsp3) is 0.385. The van der Waals surface area contributed by atoms with Crippen LogP contribution in [0.3, 0.4) is 0 Å². The molecule has 2 rings (SSSR count). The van der Waals surface area contributed by atoms with Crippen LogP contribution < -0.4 is 5.32 Å². The average Bonchev–Trinajstić information content (AvgIpc) is 3.04. The van der Waals surface area contributed by atoms with Crippen LogP contribution in [-0.2, 0) is 12.3 Å². The molecule has 2 aromatic heterocycles. The molecule has 0 spiro atoms. The molecule has 2 heterocycles. The number of alkyl halides is 2. The number of rotatable bonds is 7. The second-order valence-corrected chi connectivity index (χ2v) is 6.02. The zero-order valence-corrected chi connectivity index (χ0v) is 12.1. The van der Waals surface area contributed by atoms with Gasteiger partial charge in [-0.1, -0.05) is 17.8 Å². The molecule has 0 aliphatic carbocycles. The van der Waals surface area contributed by atoms with Crippen molar-refractivity contribution in [2.24, 2.45) is 0 Å². The highest BCUT2D eigenvalue weighted by Gasteiger charge is 2.09. The number of nitrogens with one attached hydrogen (secondary N) is 1. The Morgan fingerprint density at radius 2 is 2.11 bits per heavy atom.